The maximum Gasteiger partial charge on any atom is 0.132 e. The van der Waals surface area contributed by atoms with Crippen LogP contribution in [0.2, 0.25) is 5.02 Å². The van der Waals surface area contributed by atoms with E-state index in [2.05, 4.69) is 97.1 Å². The van der Waals surface area contributed by atoms with Crippen LogP contribution < -0.4 is 28.3 Å². The number of hydrogen-bond acceptors (Lipinski definition) is 2. The minimum Gasteiger partial charge on any atom is -1.00 e. The average Bonchev–Trinajstić information content (AvgIpc) is 3.20. The average molecular weight is 480 g/mol. The number of hydrogen-bond donors (Lipinski definition) is 0. The van der Waals surface area contributed by atoms with Crippen LogP contribution in [0, 0.1) is 0 Å². The van der Waals surface area contributed by atoms with Crippen molar-refractivity contribution >= 4 is 56.3 Å². The Morgan fingerprint density at radius 2 is 1.16 bits per heavy atom. The van der Waals surface area contributed by atoms with E-state index < -0.39 is 7.26 Å². The van der Waals surface area contributed by atoms with Crippen LogP contribution in [-0.4, -0.2) is 4.98 Å². The second-order valence-corrected chi connectivity index (χ2v) is 12.2. The van der Waals surface area contributed by atoms with Gasteiger partial charge in [0, 0.05) is 5.02 Å². The zero-order valence-electron chi connectivity index (χ0n) is 16.7. The fourth-order valence-electron chi connectivity index (χ4n) is 3.99. The lowest BCUT2D eigenvalue weighted by molar-refractivity contribution is -0.00000567. The van der Waals surface area contributed by atoms with E-state index in [-0.39, 0.29) is 12.4 Å². The lowest BCUT2D eigenvalue weighted by atomic mass is 10.3. The predicted molar refractivity (Wildman–Crippen MR) is 133 cm³/mol. The summed E-state index contributed by atoms with van der Waals surface area (Å²) in [4.78, 5) is 5.00. The molecule has 5 rings (SSSR count). The number of nitrogens with zero attached hydrogens (tertiary/aromatic N) is 1. The molecule has 1 aromatic heterocycles. The van der Waals surface area contributed by atoms with Crippen molar-refractivity contribution in [1.82, 2.24) is 4.98 Å². The molecule has 0 unspecified atom stereocenters. The number of benzene rings is 4. The highest BCUT2D eigenvalue weighted by Gasteiger charge is 2.46. The summed E-state index contributed by atoms with van der Waals surface area (Å²) in [6.07, 6.45) is 0.891. The number of fused-ring (bicyclic) bond motifs is 1. The van der Waals surface area contributed by atoms with Gasteiger partial charge in [-0.1, -0.05) is 66.2 Å². The molecule has 0 saturated carbocycles. The third kappa shape index (κ3) is 4.27. The molecule has 0 atom stereocenters. The second kappa shape index (κ2) is 9.51. The summed E-state index contributed by atoms with van der Waals surface area (Å²) in [7, 11) is -1.93. The van der Waals surface area contributed by atoms with E-state index in [1.807, 2.05) is 12.1 Å². The summed E-state index contributed by atoms with van der Waals surface area (Å²) in [5.74, 6) is 0. The zero-order valence-corrected chi connectivity index (χ0v) is 19.9. The summed E-state index contributed by atoms with van der Waals surface area (Å²) >= 11 is 8.00. The van der Waals surface area contributed by atoms with Gasteiger partial charge in [0.15, 0.2) is 0 Å². The van der Waals surface area contributed by atoms with Gasteiger partial charge in [-0.25, -0.2) is 4.98 Å². The van der Waals surface area contributed by atoms with Crippen molar-refractivity contribution in [2.45, 2.75) is 6.16 Å². The molecule has 4 aromatic carbocycles. The Labute approximate surface area is 198 Å². The Balaban J connectivity index is 0.00000231. The van der Waals surface area contributed by atoms with Crippen molar-refractivity contribution in [1.29, 1.82) is 0 Å². The van der Waals surface area contributed by atoms with E-state index in [9.17, 15) is 0 Å². The Morgan fingerprint density at radius 1 is 0.677 bits per heavy atom. The Bertz CT molecular complexity index is 1180. The lowest BCUT2D eigenvalue weighted by Crippen LogP contribution is -3.00. The molecule has 0 bridgehead atoms. The molecule has 154 valence electrons. The van der Waals surface area contributed by atoms with Crippen molar-refractivity contribution in [3.8, 4) is 0 Å². The van der Waals surface area contributed by atoms with Crippen LogP contribution in [0.1, 0.15) is 5.01 Å². The quantitative estimate of drug-likeness (QED) is 0.352. The molecule has 0 aliphatic rings. The third-order valence-electron chi connectivity index (χ3n) is 5.36. The van der Waals surface area contributed by atoms with Crippen molar-refractivity contribution in [3.63, 3.8) is 0 Å². The fourth-order valence-corrected chi connectivity index (χ4v) is 9.70. The molecule has 0 radical (unpaired) electrons. The largest absolute Gasteiger partial charge is 1.00 e. The van der Waals surface area contributed by atoms with Crippen molar-refractivity contribution < 1.29 is 12.4 Å². The molecular weight excluding hydrogens is 460 g/mol. The van der Waals surface area contributed by atoms with Crippen molar-refractivity contribution in [2.75, 3.05) is 0 Å². The van der Waals surface area contributed by atoms with Crippen molar-refractivity contribution in [3.05, 3.63) is 119 Å². The topological polar surface area (TPSA) is 12.9 Å². The summed E-state index contributed by atoms with van der Waals surface area (Å²) < 4.78 is 1.18. The summed E-state index contributed by atoms with van der Waals surface area (Å²) in [6.45, 7) is 0. The minimum atomic E-state index is -1.93. The van der Waals surface area contributed by atoms with E-state index >= 15 is 0 Å². The van der Waals surface area contributed by atoms with Gasteiger partial charge in [0.05, 0.1) is 10.2 Å². The Morgan fingerprint density at radius 3 is 1.65 bits per heavy atom. The maximum absolute atomic E-state index is 6.22. The van der Waals surface area contributed by atoms with E-state index in [4.69, 9.17) is 16.6 Å². The molecule has 0 saturated heterocycles. The first kappa shape index (κ1) is 22.0. The first-order chi connectivity index (χ1) is 14.8. The van der Waals surface area contributed by atoms with Crippen LogP contribution in [0.4, 0.5) is 0 Å². The molecule has 0 spiro atoms. The van der Waals surface area contributed by atoms with E-state index in [0.717, 1.165) is 21.7 Å². The first-order valence-corrected chi connectivity index (χ1v) is 13.0. The molecule has 31 heavy (non-hydrogen) atoms. The van der Waals surface area contributed by atoms with Gasteiger partial charge in [0.25, 0.3) is 0 Å². The van der Waals surface area contributed by atoms with Crippen LogP contribution in [0.3, 0.4) is 0 Å². The van der Waals surface area contributed by atoms with Crippen LogP contribution >= 0.6 is 30.2 Å². The molecule has 0 fully saturated rings. The molecule has 5 heteroatoms. The molecule has 0 N–H and O–H groups in total. The van der Waals surface area contributed by atoms with Crippen LogP contribution in [0.5, 0.6) is 0 Å². The van der Waals surface area contributed by atoms with Gasteiger partial charge in [-0.3, -0.25) is 0 Å². The molecular formula is C26H20Cl2NPS. The van der Waals surface area contributed by atoms with Crippen LogP contribution in [0.15, 0.2) is 109 Å². The normalized spacial score (nSPS) is 11.3. The number of halogens is 2. The smallest absolute Gasteiger partial charge is 0.132 e. The van der Waals surface area contributed by atoms with E-state index in [1.165, 1.54) is 20.6 Å². The zero-order chi connectivity index (χ0) is 20.4. The van der Waals surface area contributed by atoms with Gasteiger partial charge in [0.1, 0.15) is 34.3 Å². The third-order valence-corrected chi connectivity index (χ3v) is 11.2. The molecule has 1 nitrogen and oxygen atoms in total. The highest BCUT2D eigenvalue weighted by molar-refractivity contribution is 7.95. The van der Waals surface area contributed by atoms with Crippen LogP contribution in [-0.2, 0) is 6.16 Å². The highest BCUT2D eigenvalue weighted by Crippen LogP contribution is 2.58. The monoisotopic (exact) mass is 479 g/mol. The SMILES string of the molecule is Clc1ccc2sc(C[P+](c3ccccc3)(c3ccccc3)c3ccccc3)nc2c1.[Cl-]. The van der Waals surface area contributed by atoms with Gasteiger partial charge >= 0.3 is 0 Å². The number of rotatable bonds is 5. The van der Waals surface area contributed by atoms with Gasteiger partial charge in [-0.2, -0.15) is 0 Å². The van der Waals surface area contributed by atoms with E-state index in [1.54, 1.807) is 11.3 Å². The van der Waals surface area contributed by atoms with Gasteiger partial charge in [0.2, 0.25) is 0 Å². The molecule has 0 aliphatic carbocycles. The van der Waals surface area contributed by atoms with Gasteiger partial charge < -0.3 is 12.4 Å². The summed E-state index contributed by atoms with van der Waals surface area (Å²) in [6, 6.07) is 38.8. The first-order valence-electron chi connectivity index (χ1n) is 9.86. The lowest BCUT2D eigenvalue weighted by Gasteiger charge is -2.26. The van der Waals surface area contributed by atoms with Crippen molar-refractivity contribution in [2.24, 2.45) is 0 Å². The molecule has 1 heterocycles. The van der Waals surface area contributed by atoms with Gasteiger partial charge in [-0.05, 0) is 54.6 Å². The maximum atomic E-state index is 6.22. The molecule has 0 aliphatic heterocycles. The molecule has 0 amide bonds. The summed E-state index contributed by atoms with van der Waals surface area (Å²) in [5, 5.41) is 6.01. The molecule has 5 aromatic rings. The number of thiazole rings is 1. The Hall–Kier alpha value is -2.22. The minimum absolute atomic E-state index is 0. The standard InChI is InChI=1S/C26H20ClNPS.ClH/c27-20-16-17-25-24(18-20)28-26(30-25)19-29(21-10-4-1-5-11-21,22-12-6-2-7-13-22)23-14-8-3-9-15-23;/h1-18H,19H2;1H/q+1;/p-1. The second-order valence-electron chi connectivity index (χ2n) is 7.19. The fraction of sp³-hybridized carbons (Fsp3) is 0.0385. The number of aromatic nitrogens is 1. The van der Waals surface area contributed by atoms with Gasteiger partial charge in [-0.15, -0.1) is 11.3 Å². The highest BCUT2D eigenvalue weighted by atomic mass is 35.5. The Kier molecular flexibility index (Phi) is 6.74. The predicted octanol–water partition coefficient (Wildman–Crippen LogP) is 3.45. The van der Waals surface area contributed by atoms with E-state index in [0.29, 0.717) is 0 Å². The summed E-state index contributed by atoms with van der Waals surface area (Å²) in [5.41, 5.74) is 0.981. The van der Waals surface area contributed by atoms with Crippen LogP contribution in [0.25, 0.3) is 10.2 Å².